The fraction of sp³-hybridized carbons (Fsp3) is 0.238. The van der Waals surface area contributed by atoms with Crippen LogP contribution in [0.15, 0.2) is 59.6 Å². The maximum Gasteiger partial charge on any atom is 0.267 e. The molecule has 1 fully saturated rings. The summed E-state index contributed by atoms with van der Waals surface area (Å²) in [6.07, 6.45) is 2.51. The number of nitrogens with zero attached hydrogens (tertiary/aromatic N) is 2. The second-order valence-corrected chi connectivity index (χ2v) is 7.88. The van der Waals surface area contributed by atoms with Crippen LogP contribution in [0.5, 0.6) is 11.5 Å². The van der Waals surface area contributed by atoms with Gasteiger partial charge in [0.25, 0.3) is 5.91 Å². The predicted octanol–water partition coefficient (Wildman–Crippen LogP) is 4.08. The lowest BCUT2D eigenvalue weighted by Crippen LogP contribution is -2.30. The molecular formula is C21H22N2O3S2. The molecule has 0 saturated carbocycles. The van der Waals surface area contributed by atoms with Crippen LogP contribution in [0.25, 0.3) is 0 Å². The van der Waals surface area contributed by atoms with Gasteiger partial charge in [0.1, 0.15) is 4.32 Å². The van der Waals surface area contributed by atoms with Gasteiger partial charge in [-0.3, -0.25) is 9.69 Å². The van der Waals surface area contributed by atoms with E-state index < -0.39 is 0 Å². The van der Waals surface area contributed by atoms with E-state index in [0.717, 1.165) is 11.3 Å². The van der Waals surface area contributed by atoms with Gasteiger partial charge in [-0.1, -0.05) is 48.2 Å². The van der Waals surface area contributed by atoms with Crippen LogP contribution >= 0.6 is 24.0 Å². The minimum atomic E-state index is -0.0572. The average Bonchev–Trinajstić information content (AvgIpc) is 2.99. The van der Waals surface area contributed by atoms with Crippen LogP contribution in [0, 0.1) is 0 Å². The first-order valence-electron chi connectivity index (χ1n) is 8.77. The van der Waals surface area contributed by atoms with Crippen molar-refractivity contribution in [3.63, 3.8) is 0 Å². The molecule has 0 N–H and O–H groups in total. The Morgan fingerprint density at radius 3 is 2.50 bits per heavy atom. The molecule has 1 saturated heterocycles. The Morgan fingerprint density at radius 2 is 1.82 bits per heavy atom. The molecule has 1 heterocycles. The second kappa shape index (κ2) is 9.12. The molecule has 3 rings (SSSR count). The molecule has 1 aliphatic heterocycles. The standard InChI is InChI=1S/C21H22N2O3S2/c1-22(16-7-5-4-6-8-16)14-19-20(24)23(21(27)28-19)12-11-15-9-10-17(25-2)18(13-15)26-3/h4-10,13-14H,11-12H2,1-3H3/b19-14+. The highest BCUT2D eigenvalue weighted by Gasteiger charge is 2.32. The van der Waals surface area contributed by atoms with Gasteiger partial charge in [0.05, 0.1) is 19.1 Å². The van der Waals surface area contributed by atoms with E-state index in [4.69, 9.17) is 21.7 Å². The van der Waals surface area contributed by atoms with Crippen molar-refractivity contribution in [2.75, 3.05) is 32.7 Å². The van der Waals surface area contributed by atoms with Gasteiger partial charge >= 0.3 is 0 Å². The maximum atomic E-state index is 12.8. The van der Waals surface area contributed by atoms with Gasteiger partial charge in [0.15, 0.2) is 11.5 Å². The number of methoxy groups -OCH3 is 2. The topological polar surface area (TPSA) is 42.0 Å². The number of thioether (sulfide) groups is 1. The van der Waals surface area contributed by atoms with Crippen molar-refractivity contribution < 1.29 is 14.3 Å². The van der Waals surface area contributed by atoms with Crippen LogP contribution in [0.3, 0.4) is 0 Å². The predicted molar refractivity (Wildman–Crippen MR) is 118 cm³/mol. The fourth-order valence-corrected chi connectivity index (χ4v) is 4.20. The Balaban J connectivity index is 1.68. The molecule has 28 heavy (non-hydrogen) atoms. The van der Waals surface area contributed by atoms with Crippen LogP contribution in [-0.4, -0.2) is 42.9 Å². The smallest absolute Gasteiger partial charge is 0.267 e. The number of anilines is 1. The Hall–Kier alpha value is -2.51. The minimum Gasteiger partial charge on any atom is -0.493 e. The molecule has 0 unspecified atom stereocenters. The first kappa shape index (κ1) is 20.2. The van der Waals surface area contributed by atoms with E-state index >= 15 is 0 Å². The van der Waals surface area contributed by atoms with E-state index in [9.17, 15) is 4.79 Å². The number of amides is 1. The number of carbonyl (C=O) groups excluding carboxylic acids is 1. The third-order valence-corrected chi connectivity index (χ3v) is 5.79. The Kier molecular flexibility index (Phi) is 6.59. The van der Waals surface area contributed by atoms with E-state index in [-0.39, 0.29) is 5.91 Å². The van der Waals surface area contributed by atoms with Crippen molar-refractivity contribution in [1.82, 2.24) is 4.90 Å². The zero-order valence-electron chi connectivity index (χ0n) is 16.0. The molecule has 0 radical (unpaired) electrons. The lowest BCUT2D eigenvalue weighted by atomic mass is 10.1. The molecule has 7 heteroatoms. The lowest BCUT2D eigenvalue weighted by molar-refractivity contribution is -0.122. The van der Waals surface area contributed by atoms with E-state index in [0.29, 0.717) is 33.7 Å². The number of carbonyl (C=O) groups is 1. The van der Waals surface area contributed by atoms with Crippen molar-refractivity contribution in [3.05, 3.63) is 65.2 Å². The van der Waals surface area contributed by atoms with Gasteiger partial charge in [-0.2, -0.15) is 0 Å². The summed E-state index contributed by atoms with van der Waals surface area (Å²) in [5, 5.41) is 0. The normalized spacial score (nSPS) is 15.2. The molecule has 0 spiro atoms. The minimum absolute atomic E-state index is 0.0572. The van der Waals surface area contributed by atoms with Crippen molar-refractivity contribution in [1.29, 1.82) is 0 Å². The van der Waals surface area contributed by atoms with Gasteiger partial charge in [0.2, 0.25) is 0 Å². The lowest BCUT2D eigenvalue weighted by Gasteiger charge is -2.16. The second-order valence-electron chi connectivity index (χ2n) is 6.20. The summed E-state index contributed by atoms with van der Waals surface area (Å²) in [6.45, 7) is 0.520. The van der Waals surface area contributed by atoms with Gasteiger partial charge < -0.3 is 14.4 Å². The molecule has 0 bridgehead atoms. The van der Waals surface area contributed by atoms with E-state index in [2.05, 4.69) is 0 Å². The van der Waals surface area contributed by atoms with E-state index in [1.165, 1.54) is 11.8 Å². The number of hydrogen-bond acceptors (Lipinski definition) is 6. The first-order valence-corrected chi connectivity index (χ1v) is 10.00. The quantitative estimate of drug-likeness (QED) is 0.502. The summed E-state index contributed by atoms with van der Waals surface area (Å²) >= 11 is 6.77. The van der Waals surface area contributed by atoms with E-state index in [1.54, 1.807) is 19.1 Å². The number of rotatable bonds is 7. The molecule has 0 atom stereocenters. The van der Waals surface area contributed by atoms with Crippen molar-refractivity contribution in [2.24, 2.45) is 0 Å². The average molecular weight is 415 g/mol. The third kappa shape index (κ3) is 4.48. The molecule has 2 aromatic rings. The van der Waals surface area contributed by atoms with Crippen LogP contribution in [0.4, 0.5) is 5.69 Å². The molecule has 1 amide bonds. The first-order chi connectivity index (χ1) is 13.5. The third-order valence-electron chi connectivity index (χ3n) is 4.42. The number of ether oxygens (including phenoxy) is 2. The summed E-state index contributed by atoms with van der Waals surface area (Å²) in [7, 11) is 5.14. The van der Waals surface area contributed by atoms with Gasteiger partial charge in [-0.05, 0) is 36.2 Å². The summed E-state index contributed by atoms with van der Waals surface area (Å²) in [5.74, 6) is 1.30. The summed E-state index contributed by atoms with van der Waals surface area (Å²) < 4.78 is 11.2. The van der Waals surface area contributed by atoms with Crippen LogP contribution in [0.2, 0.25) is 0 Å². The van der Waals surface area contributed by atoms with Gasteiger partial charge in [0, 0.05) is 25.5 Å². The molecule has 146 valence electrons. The maximum absolute atomic E-state index is 12.8. The molecule has 0 aromatic heterocycles. The summed E-state index contributed by atoms with van der Waals surface area (Å²) in [5.41, 5.74) is 2.06. The molecule has 2 aromatic carbocycles. The van der Waals surface area contributed by atoms with E-state index in [1.807, 2.05) is 66.7 Å². The molecule has 1 aliphatic rings. The Bertz CT molecular complexity index is 900. The fourth-order valence-electron chi connectivity index (χ4n) is 2.87. The highest BCUT2D eigenvalue weighted by atomic mass is 32.2. The molecule has 5 nitrogen and oxygen atoms in total. The van der Waals surface area contributed by atoms with Crippen molar-refractivity contribution >= 4 is 39.9 Å². The zero-order chi connectivity index (χ0) is 20.1. The van der Waals surface area contributed by atoms with Crippen molar-refractivity contribution in [3.8, 4) is 11.5 Å². The number of hydrogen-bond donors (Lipinski definition) is 0. The Morgan fingerprint density at radius 1 is 1.11 bits per heavy atom. The number of para-hydroxylation sites is 1. The molecular weight excluding hydrogens is 392 g/mol. The van der Waals surface area contributed by atoms with Crippen LogP contribution < -0.4 is 14.4 Å². The highest BCUT2D eigenvalue weighted by molar-refractivity contribution is 8.26. The van der Waals surface area contributed by atoms with Gasteiger partial charge in [-0.15, -0.1) is 0 Å². The van der Waals surface area contributed by atoms with Gasteiger partial charge in [-0.25, -0.2) is 0 Å². The highest BCUT2D eigenvalue weighted by Crippen LogP contribution is 2.32. The Labute approximate surface area is 174 Å². The largest absolute Gasteiger partial charge is 0.493 e. The SMILES string of the molecule is COc1ccc(CCN2C(=O)/C(=C\N(C)c3ccccc3)SC2=S)cc1OC. The van der Waals surface area contributed by atoms with Crippen molar-refractivity contribution in [2.45, 2.75) is 6.42 Å². The van der Waals surface area contributed by atoms with Crippen LogP contribution in [0.1, 0.15) is 5.56 Å². The van der Waals surface area contributed by atoms with Crippen LogP contribution in [-0.2, 0) is 11.2 Å². The molecule has 0 aliphatic carbocycles. The number of thiocarbonyl (C=S) groups is 1. The monoisotopic (exact) mass is 414 g/mol. The zero-order valence-corrected chi connectivity index (χ0v) is 17.7. The number of benzene rings is 2. The summed E-state index contributed by atoms with van der Waals surface area (Å²) in [6, 6.07) is 15.6. The summed E-state index contributed by atoms with van der Waals surface area (Å²) in [4.78, 5) is 17.0.